The van der Waals surface area contributed by atoms with E-state index < -0.39 is 17.6 Å². The molecule has 0 saturated heterocycles. The van der Waals surface area contributed by atoms with E-state index in [2.05, 4.69) is 10.6 Å². The molecular weight excluding hydrogens is 285 g/mol. The van der Waals surface area contributed by atoms with Crippen molar-refractivity contribution in [1.29, 1.82) is 0 Å². The molecule has 0 radical (unpaired) electrons. The van der Waals surface area contributed by atoms with Gasteiger partial charge in [0.15, 0.2) is 0 Å². The van der Waals surface area contributed by atoms with Gasteiger partial charge in [0.25, 0.3) is 5.91 Å². The molecule has 1 aromatic rings. The lowest BCUT2D eigenvalue weighted by molar-refractivity contribution is -0.136. The predicted octanol–water partition coefficient (Wildman–Crippen LogP) is 2.90. The molecule has 118 valence electrons. The van der Waals surface area contributed by atoms with Gasteiger partial charge in [0.1, 0.15) is 0 Å². The summed E-state index contributed by atoms with van der Waals surface area (Å²) in [4.78, 5) is 12.0. The van der Waals surface area contributed by atoms with Crippen molar-refractivity contribution in [3.05, 3.63) is 29.3 Å². The van der Waals surface area contributed by atoms with Gasteiger partial charge in [0, 0.05) is 13.6 Å². The first-order chi connectivity index (χ1) is 9.77. The first-order valence-electron chi connectivity index (χ1n) is 6.55. The number of ether oxygens (including phenoxy) is 1. The summed E-state index contributed by atoms with van der Waals surface area (Å²) >= 11 is 0. The van der Waals surface area contributed by atoms with Gasteiger partial charge in [-0.25, -0.2) is 0 Å². The van der Waals surface area contributed by atoms with E-state index in [4.69, 9.17) is 4.74 Å². The third kappa shape index (κ3) is 4.93. The van der Waals surface area contributed by atoms with E-state index in [9.17, 15) is 18.0 Å². The Kier molecular flexibility index (Phi) is 6.02. The molecule has 7 heteroatoms. The van der Waals surface area contributed by atoms with Crippen LogP contribution in [0.3, 0.4) is 0 Å². The molecule has 0 aliphatic carbocycles. The third-order valence-electron chi connectivity index (χ3n) is 2.70. The molecule has 1 amide bonds. The van der Waals surface area contributed by atoms with Crippen molar-refractivity contribution in [2.45, 2.75) is 26.1 Å². The number of carbonyl (C=O) groups is 1. The van der Waals surface area contributed by atoms with Crippen molar-refractivity contribution in [3.63, 3.8) is 0 Å². The molecule has 1 aromatic carbocycles. The standard InChI is InChI=1S/C14H19F3N2O2/c1-9(2)21-8-7-19-13(20)10-5-4-6-11(12(10)18-3)14(15,16)17/h4-6,9,18H,7-8H2,1-3H3,(H,19,20). The zero-order valence-corrected chi connectivity index (χ0v) is 12.2. The molecule has 0 heterocycles. The van der Waals surface area contributed by atoms with Gasteiger partial charge in [-0.15, -0.1) is 0 Å². The van der Waals surface area contributed by atoms with Crippen molar-refractivity contribution in [3.8, 4) is 0 Å². The zero-order valence-electron chi connectivity index (χ0n) is 12.2. The van der Waals surface area contributed by atoms with Gasteiger partial charge in [0.05, 0.1) is 29.5 Å². The van der Waals surface area contributed by atoms with Crippen LogP contribution in [0.25, 0.3) is 0 Å². The van der Waals surface area contributed by atoms with E-state index >= 15 is 0 Å². The summed E-state index contributed by atoms with van der Waals surface area (Å²) < 4.78 is 43.9. The number of rotatable bonds is 6. The summed E-state index contributed by atoms with van der Waals surface area (Å²) in [6, 6.07) is 3.49. The third-order valence-corrected chi connectivity index (χ3v) is 2.70. The maximum atomic E-state index is 12.9. The van der Waals surface area contributed by atoms with Crippen LogP contribution in [0, 0.1) is 0 Å². The average Bonchev–Trinajstić information content (AvgIpc) is 2.41. The molecule has 0 atom stereocenters. The molecule has 4 nitrogen and oxygen atoms in total. The molecular formula is C14H19F3N2O2. The molecule has 21 heavy (non-hydrogen) atoms. The van der Waals surface area contributed by atoms with Crippen LogP contribution < -0.4 is 10.6 Å². The van der Waals surface area contributed by atoms with Crippen LogP contribution in [0.1, 0.15) is 29.8 Å². The van der Waals surface area contributed by atoms with Crippen molar-refractivity contribution in [2.75, 3.05) is 25.5 Å². The summed E-state index contributed by atoms with van der Waals surface area (Å²) in [5, 5.41) is 4.98. The topological polar surface area (TPSA) is 50.4 Å². The van der Waals surface area contributed by atoms with Crippen LogP contribution in [0.5, 0.6) is 0 Å². The second kappa shape index (κ2) is 7.31. The number of alkyl halides is 3. The van der Waals surface area contributed by atoms with E-state index in [1.165, 1.54) is 19.2 Å². The quantitative estimate of drug-likeness (QED) is 0.795. The molecule has 0 unspecified atom stereocenters. The van der Waals surface area contributed by atoms with Gasteiger partial charge in [-0.2, -0.15) is 13.2 Å². The van der Waals surface area contributed by atoms with Crippen LogP contribution in [-0.2, 0) is 10.9 Å². The van der Waals surface area contributed by atoms with Gasteiger partial charge < -0.3 is 15.4 Å². The van der Waals surface area contributed by atoms with E-state index in [1.54, 1.807) is 0 Å². The number of halogens is 3. The Morgan fingerprint density at radius 1 is 1.33 bits per heavy atom. The summed E-state index contributed by atoms with van der Waals surface area (Å²) in [7, 11) is 1.35. The zero-order chi connectivity index (χ0) is 16.0. The number of nitrogens with one attached hydrogen (secondary N) is 2. The number of hydrogen-bond donors (Lipinski definition) is 2. The van der Waals surface area contributed by atoms with Gasteiger partial charge in [0.2, 0.25) is 0 Å². The van der Waals surface area contributed by atoms with Gasteiger partial charge >= 0.3 is 6.18 Å². The predicted molar refractivity (Wildman–Crippen MR) is 74.4 cm³/mol. The highest BCUT2D eigenvalue weighted by molar-refractivity contribution is 6.00. The van der Waals surface area contributed by atoms with Crippen molar-refractivity contribution in [1.82, 2.24) is 5.32 Å². The summed E-state index contributed by atoms with van der Waals surface area (Å²) in [5.74, 6) is -0.571. The summed E-state index contributed by atoms with van der Waals surface area (Å²) in [5.41, 5.74) is -1.14. The monoisotopic (exact) mass is 304 g/mol. The minimum Gasteiger partial charge on any atom is -0.387 e. The highest BCUT2D eigenvalue weighted by Gasteiger charge is 2.34. The van der Waals surface area contributed by atoms with E-state index in [-0.39, 0.29) is 23.9 Å². The maximum Gasteiger partial charge on any atom is 0.418 e. The van der Waals surface area contributed by atoms with Crippen molar-refractivity contribution >= 4 is 11.6 Å². The minimum atomic E-state index is -4.52. The largest absolute Gasteiger partial charge is 0.418 e. The summed E-state index contributed by atoms with van der Waals surface area (Å²) in [6.07, 6.45) is -4.49. The number of anilines is 1. The van der Waals surface area contributed by atoms with Crippen LogP contribution in [0.15, 0.2) is 18.2 Å². The smallest absolute Gasteiger partial charge is 0.387 e. The molecule has 0 spiro atoms. The lowest BCUT2D eigenvalue weighted by Gasteiger charge is -2.16. The fourth-order valence-corrected chi connectivity index (χ4v) is 1.80. The highest BCUT2D eigenvalue weighted by Crippen LogP contribution is 2.36. The Morgan fingerprint density at radius 2 is 2.00 bits per heavy atom. The fourth-order valence-electron chi connectivity index (χ4n) is 1.80. The number of hydrogen-bond acceptors (Lipinski definition) is 3. The van der Waals surface area contributed by atoms with Crippen molar-refractivity contribution < 1.29 is 22.7 Å². The number of carbonyl (C=O) groups excluding carboxylic acids is 1. The Labute approximate surface area is 121 Å². The first kappa shape index (κ1) is 17.3. The minimum absolute atomic E-state index is 0.0309. The van der Waals surface area contributed by atoms with E-state index in [1.807, 2.05) is 13.8 Å². The number of amides is 1. The molecule has 0 saturated carbocycles. The molecule has 2 N–H and O–H groups in total. The fraction of sp³-hybridized carbons (Fsp3) is 0.500. The van der Waals surface area contributed by atoms with Crippen LogP contribution >= 0.6 is 0 Å². The molecule has 0 aliphatic heterocycles. The molecule has 0 aliphatic rings. The normalized spacial score (nSPS) is 11.6. The highest BCUT2D eigenvalue weighted by atomic mass is 19.4. The Balaban J connectivity index is 2.85. The lowest BCUT2D eigenvalue weighted by Crippen LogP contribution is -2.29. The number of para-hydroxylation sites is 1. The Morgan fingerprint density at radius 3 is 2.52 bits per heavy atom. The number of benzene rings is 1. The SMILES string of the molecule is CNc1c(C(=O)NCCOC(C)C)cccc1C(F)(F)F. The first-order valence-corrected chi connectivity index (χ1v) is 6.55. The Bertz CT molecular complexity index is 488. The molecule has 0 fully saturated rings. The van der Waals surface area contributed by atoms with Gasteiger partial charge in [-0.05, 0) is 26.0 Å². The lowest BCUT2D eigenvalue weighted by atomic mass is 10.1. The van der Waals surface area contributed by atoms with Gasteiger partial charge in [-0.1, -0.05) is 6.07 Å². The second-order valence-corrected chi connectivity index (χ2v) is 4.65. The molecule has 1 rings (SSSR count). The van der Waals surface area contributed by atoms with Crippen LogP contribution in [-0.4, -0.2) is 32.2 Å². The van der Waals surface area contributed by atoms with E-state index in [0.29, 0.717) is 6.61 Å². The maximum absolute atomic E-state index is 12.9. The van der Waals surface area contributed by atoms with E-state index in [0.717, 1.165) is 6.07 Å². The molecule has 0 bridgehead atoms. The Hall–Kier alpha value is -1.76. The molecule has 0 aromatic heterocycles. The average molecular weight is 304 g/mol. The summed E-state index contributed by atoms with van der Waals surface area (Å²) in [6.45, 7) is 4.25. The van der Waals surface area contributed by atoms with Crippen molar-refractivity contribution in [2.24, 2.45) is 0 Å². The van der Waals surface area contributed by atoms with Gasteiger partial charge in [-0.3, -0.25) is 4.79 Å². The second-order valence-electron chi connectivity index (χ2n) is 4.65. The van der Waals surface area contributed by atoms with Crippen LogP contribution in [0.2, 0.25) is 0 Å². The van der Waals surface area contributed by atoms with Crippen LogP contribution in [0.4, 0.5) is 18.9 Å².